The maximum absolute atomic E-state index is 12.1. The first kappa shape index (κ1) is 16.7. The second kappa shape index (κ2) is 9.50. The van der Waals surface area contributed by atoms with Crippen LogP contribution in [-0.2, 0) is 11.3 Å². The Morgan fingerprint density at radius 1 is 1.32 bits per heavy atom. The topological polar surface area (TPSA) is 46.3 Å². The summed E-state index contributed by atoms with van der Waals surface area (Å²) in [5.41, 5.74) is 5.45. The summed E-state index contributed by atoms with van der Waals surface area (Å²) in [6.45, 7) is 4.29. The summed E-state index contributed by atoms with van der Waals surface area (Å²) in [6, 6.07) is 4.11. The first-order chi connectivity index (χ1) is 9.17. The molecule has 5 heteroatoms. The Bertz CT molecular complexity index is 381. The lowest BCUT2D eigenvalue weighted by atomic mass is 10.1. The first-order valence-electron chi connectivity index (χ1n) is 6.89. The first-order valence-corrected chi connectivity index (χ1v) is 8.50. The van der Waals surface area contributed by atoms with Gasteiger partial charge in [0.05, 0.1) is 10.3 Å². The van der Waals surface area contributed by atoms with E-state index in [1.54, 1.807) is 11.3 Å². The minimum absolute atomic E-state index is 0.264. The summed E-state index contributed by atoms with van der Waals surface area (Å²) in [4.78, 5) is 15.3. The number of amides is 1. The van der Waals surface area contributed by atoms with Crippen LogP contribution >= 0.6 is 27.3 Å². The van der Waals surface area contributed by atoms with Crippen molar-refractivity contribution in [2.45, 2.75) is 45.6 Å². The molecule has 1 amide bonds. The second-order valence-corrected chi connectivity index (χ2v) is 7.11. The number of nitrogens with two attached hydrogens (primary N) is 1. The number of carbonyl (C=O) groups excluding carboxylic acids is 1. The van der Waals surface area contributed by atoms with E-state index < -0.39 is 0 Å². The number of hydrogen-bond acceptors (Lipinski definition) is 3. The molecular weight excluding hydrogens is 324 g/mol. The third-order valence-electron chi connectivity index (χ3n) is 3.05. The van der Waals surface area contributed by atoms with Crippen molar-refractivity contribution in [2.24, 2.45) is 5.73 Å². The minimum atomic E-state index is 0.264. The van der Waals surface area contributed by atoms with Crippen LogP contribution in [0.5, 0.6) is 0 Å². The summed E-state index contributed by atoms with van der Waals surface area (Å²) in [6.07, 6.45) is 4.93. The molecule has 3 nitrogen and oxygen atoms in total. The number of hydrogen-bond donors (Lipinski definition) is 1. The van der Waals surface area contributed by atoms with Crippen LogP contribution in [0.3, 0.4) is 0 Å². The molecule has 0 aliphatic heterocycles. The van der Waals surface area contributed by atoms with Crippen molar-refractivity contribution in [2.75, 3.05) is 13.1 Å². The van der Waals surface area contributed by atoms with E-state index in [1.165, 1.54) is 4.88 Å². The zero-order chi connectivity index (χ0) is 14.1. The van der Waals surface area contributed by atoms with E-state index in [0.717, 1.165) is 49.1 Å². The van der Waals surface area contributed by atoms with Gasteiger partial charge in [0, 0.05) is 17.8 Å². The molecule has 1 heterocycles. The Morgan fingerprint density at radius 2 is 2.05 bits per heavy atom. The molecule has 0 unspecified atom stereocenters. The zero-order valence-corrected chi connectivity index (χ0v) is 13.9. The SMILES string of the molecule is CCN(Cc1ccc(Br)s1)C(=O)CCCCCCN. The van der Waals surface area contributed by atoms with Crippen molar-refractivity contribution in [3.63, 3.8) is 0 Å². The van der Waals surface area contributed by atoms with Crippen LogP contribution in [0.25, 0.3) is 0 Å². The van der Waals surface area contributed by atoms with Gasteiger partial charge in [-0.1, -0.05) is 12.8 Å². The van der Waals surface area contributed by atoms with Crippen LogP contribution < -0.4 is 5.73 Å². The molecule has 0 atom stereocenters. The van der Waals surface area contributed by atoms with E-state index in [4.69, 9.17) is 5.73 Å². The van der Waals surface area contributed by atoms with Crippen LogP contribution in [0.4, 0.5) is 0 Å². The van der Waals surface area contributed by atoms with E-state index in [9.17, 15) is 4.79 Å². The summed E-state index contributed by atoms with van der Waals surface area (Å²) < 4.78 is 1.12. The quantitative estimate of drug-likeness (QED) is 0.691. The van der Waals surface area contributed by atoms with Gasteiger partial charge in [0.2, 0.25) is 5.91 Å². The molecule has 0 aliphatic carbocycles. The monoisotopic (exact) mass is 346 g/mol. The lowest BCUT2D eigenvalue weighted by molar-refractivity contribution is -0.131. The van der Waals surface area contributed by atoms with Crippen molar-refractivity contribution in [3.8, 4) is 0 Å². The normalized spacial score (nSPS) is 10.7. The Kier molecular flexibility index (Phi) is 8.34. The van der Waals surface area contributed by atoms with Gasteiger partial charge in [-0.2, -0.15) is 0 Å². The van der Waals surface area contributed by atoms with Crippen molar-refractivity contribution in [1.82, 2.24) is 4.90 Å². The van der Waals surface area contributed by atoms with E-state index in [-0.39, 0.29) is 5.91 Å². The van der Waals surface area contributed by atoms with Crippen LogP contribution in [0, 0.1) is 0 Å². The fourth-order valence-electron chi connectivity index (χ4n) is 1.93. The molecule has 1 aromatic rings. The number of halogens is 1. The summed E-state index contributed by atoms with van der Waals surface area (Å²) in [7, 11) is 0. The highest BCUT2D eigenvalue weighted by Crippen LogP contribution is 2.23. The molecule has 0 aromatic carbocycles. The van der Waals surface area contributed by atoms with Crippen molar-refractivity contribution < 1.29 is 4.79 Å². The molecule has 2 N–H and O–H groups in total. The fourth-order valence-corrected chi connectivity index (χ4v) is 3.43. The molecule has 0 bridgehead atoms. The predicted octanol–water partition coefficient (Wildman–Crippen LogP) is 3.77. The number of thiophene rings is 1. The van der Waals surface area contributed by atoms with Crippen LogP contribution in [-0.4, -0.2) is 23.9 Å². The van der Waals surface area contributed by atoms with Crippen molar-refractivity contribution in [3.05, 3.63) is 20.8 Å². The second-order valence-electron chi connectivity index (χ2n) is 4.57. The third-order valence-corrected chi connectivity index (χ3v) is 4.66. The summed E-state index contributed by atoms with van der Waals surface area (Å²) >= 11 is 5.14. The smallest absolute Gasteiger partial charge is 0.222 e. The van der Waals surface area contributed by atoms with Gasteiger partial charge in [-0.15, -0.1) is 11.3 Å². The lowest BCUT2D eigenvalue weighted by Gasteiger charge is -2.20. The van der Waals surface area contributed by atoms with Crippen molar-refractivity contribution in [1.29, 1.82) is 0 Å². The van der Waals surface area contributed by atoms with E-state index in [0.29, 0.717) is 6.42 Å². The highest BCUT2D eigenvalue weighted by atomic mass is 79.9. The Labute approximate surface area is 128 Å². The average molecular weight is 347 g/mol. The fraction of sp³-hybridized carbons (Fsp3) is 0.643. The van der Waals surface area contributed by atoms with Gasteiger partial charge < -0.3 is 10.6 Å². The Hall–Kier alpha value is -0.390. The van der Waals surface area contributed by atoms with Gasteiger partial charge in [-0.25, -0.2) is 0 Å². The summed E-state index contributed by atoms with van der Waals surface area (Å²) in [5.74, 6) is 0.264. The molecule has 0 radical (unpaired) electrons. The van der Waals surface area contributed by atoms with Crippen molar-refractivity contribution >= 4 is 33.2 Å². The highest BCUT2D eigenvalue weighted by Gasteiger charge is 2.12. The van der Waals surface area contributed by atoms with E-state index in [2.05, 4.69) is 22.0 Å². The molecule has 0 aliphatic rings. The lowest BCUT2D eigenvalue weighted by Crippen LogP contribution is -2.29. The number of nitrogens with zero attached hydrogens (tertiary/aromatic N) is 1. The Balaban J connectivity index is 2.31. The molecular formula is C14H23BrN2OS. The van der Waals surface area contributed by atoms with Crippen LogP contribution in [0.1, 0.15) is 43.9 Å². The number of unbranched alkanes of at least 4 members (excludes halogenated alkanes) is 3. The maximum Gasteiger partial charge on any atom is 0.222 e. The van der Waals surface area contributed by atoms with E-state index in [1.807, 2.05) is 17.9 Å². The van der Waals surface area contributed by atoms with Gasteiger partial charge in [0.1, 0.15) is 0 Å². The van der Waals surface area contributed by atoms with Gasteiger partial charge >= 0.3 is 0 Å². The Morgan fingerprint density at radius 3 is 2.63 bits per heavy atom. The molecule has 1 aromatic heterocycles. The predicted molar refractivity (Wildman–Crippen MR) is 85.2 cm³/mol. The molecule has 0 saturated heterocycles. The van der Waals surface area contributed by atoms with E-state index >= 15 is 0 Å². The maximum atomic E-state index is 12.1. The highest BCUT2D eigenvalue weighted by molar-refractivity contribution is 9.11. The van der Waals surface area contributed by atoms with Gasteiger partial charge in [0.25, 0.3) is 0 Å². The van der Waals surface area contributed by atoms with Gasteiger partial charge in [-0.05, 0) is 54.4 Å². The summed E-state index contributed by atoms with van der Waals surface area (Å²) in [5, 5.41) is 0. The zero-order valence-electron chi connectivity index (χ0n) is 11.5. The number of rotatable bonds is 9. The van der Waals surface area contributed by atoms with Crippen LogP contribution in [0.15, 0.2) is 15.9 Å². The largest absolute Gasteiger partial charge is 0.338 e. The van der Waals surface area contributed by atoms with Gasteiger partial charge in [-0.3, -0.25) is 4.79 Å². The molecule has 0 fully saturated rings. The van der Waals surface area contributed by atoms with Crippen LogP contribution in [0.2, 0.25) is 0 Å². The average Bonchev–Trinajstić information content (AvgIpc) is 2.81. The standard InChI is InChI=1S/C14H23BrN2OS/c1-2-17(11-12-8-9-13(15)19-12)14(18)7-5-3-4-6-10-16/h8-9H,2-7,10-11,16H2,1H3. The molecule has 0 spiro atoms. The molecule has 108 valence electrons. The van der Waals surface area contributed by atoms with Gasteiger partial charge in [0.15, 0.2) is 0 Å². The minimum Gasteiger partial charge on any atom is -0.338 e. The molecule has 0 saturated carbocycles. The molecule has 19 heavy (non-hydrogen) atoms. The third kappa shape index (κ3) is 6.54. The molecule has 1 rings (SSSR count). The number of carbonyl (C=O) groups is 1.